The molecule has 3 heteroatoms. The van der Waals surface area contributed by atoms with Crippen LogP contribution in [0.15, 0.2) is 24.3 Å². The van der Waals surface area contributed by atoms with Gasteiger partial charge in [-0.1, -0.05) is 43.2 Å². The Labute approximate surface area is 115 Å². The predicted octanol–water partition coefficient (Wildman–Crippen LogP) is 3.00. The van der Waals surface area contributed by atoms with Crippen LogP contribution >= 0.6 is 0 Å². The monoisotopic (exact) mass is 263 g/mol. The second kappa shape index (κ2) is 7.95. The molecule has 1 aromatic rings. The molecule has 2 unspecified atom stereocenters. The minimum atomic E-state index is -0.767. The second-order valence-electron chi connectivity index (χ2n) is 5.31. The maximum absolute atomic E-state index is 11.0. The molecule has 0 aromatic heterocycles. The summed E-state index contributed by atoms with van der Waals surface area (Å²) in [5, 5.41) is 9.06. The molecule has 0 heterocycles. The number of aliphatic carboxylic acids is 1. The molecule has 0 aliphatic heterocycles. The average molecular weight is 263 g/mol. The second-order valence-corrected chi connectivity index (χ2v) is 5.31. The molecule has 0 spiro atoms. The molecule has 0 amide bonds. The molecule has 19 heavy (non-hydrogen) atoms. The molecule has 0 saturated heterocycles. The van der Waals surface area contributed by atoms with Crippen LogP contribution in [0, 0.1) is 18.8 Å². The number of rotatable bonds is 8. The highest BCUT2D eigenvalue weighted by atomic mass is 16.4. The van der Waals surface area contributed by atoms with E-state index in [4.69, 9.17) is 10.8 Å². The van der Waals surface area contributed by atoms with Gasteiger partial charge < -0.3 is 10.8 Å². The Morgan fingerprint density at radius 3 is 2.68 bits per heavy atom. The van der Waals surface area contributed by atoms with Gasteiger partial charge in [-0.3, -0.25) is 4.79 Å². The fourth-order valence-corrected chi connectivity index (χ4v) is 2.43. The van der Waals surface area contributed by atoms with Crippen molar-refractivity contribution in [1.29, 1.82) is 0 Å². The number of hydrogen-bond acceptors (Lipinski definition) is 2. The molecule has 0 bridgehead atoms. The van der Waals surface area contributed by atoms with Crippen LogP contribution < -0.4 is 5.73 Å². The molecule has 3 N–H and O–H groups in total. The summed E-state index contributed by atoms with van der Waals surface area (Å²) in [4.78, 5) is 11.0. The quantitative estimate of drug-likeness (QED) is 0.758. The van der Waals surface area contributed by atoms with E-state index >= 15 is 0 Å². The van der Waals surface area contributed by atoms with Gasteiger partial charge in [0.15, 0.2) is 0 Å². The van der Waals surface area contributed by atoms with Gasteiger partial charge in [-0.2, -0.15) is 0 Å². The van der Waals surface area contributed by atoms with E-state index in [9.17, 15) is 4.79 Å². The smallest absolute Gasteiger partial charge is 0.307 e. The Balaban J connectivity index is 2.50. The molecule has 0 saturated carbocycles. The third-order valence-corrected chi connectivity index (χ3v) is 3.75. The van der Waals surface area contributed by atoms with E-state index in [0.717, 1.165) is 19.3 Å². The molecule has 0 radical (unpaired) electrons. The minimum Gasteiger partial charge on any atom is -0.481 e. The van der Waals surface area contributed by atoms with Gasteiger partial charge in [0.1, 0.15) is 0 Å². The zero-order valence-electron chi connectivity index (χ0n) is 11.9. The summed E-state index contributed by atoms with van der Waals surface area (Å²) in [5.41, 5.74) is 8.13. The van der Waals surface area contributed by atoms with Crippen LogP contribution in [0.2, 0.25) is 0 Å². The highest BCUT2D eigenvalue weighted by Gasteiger charge is 2.20. The molecule has 106 valence electrons. The summed E-state index contributed by atoms with van der Waals surface area (Å²) < 4.78 is 0. The van der Waals surface area contributed by atoms with Gasteiger partial charge in [-0.25, -0.2) is 0 Å². The number of nitrogens with two attached hydrogens (primary N) is 1. The first-order valence-corrected chi connectivity index (χ1v) is 7.05. The molecular weight excluding hydrogens is 238 g/mol. The maximum atomic E-state index is 11.0. The lowest BCUT2D eigenvalue weighted by molar-refractivity contribution is -0.142. The first-order chi connectivity index (χ1) is 9.06. The van der Waals surface area contributed by atoms with Gasteiger partial charge in [0.2, 0.25) is 0 Å². The SMILES string of the molecule is CCC(CCc1cccc(C)c1)CC(CN)C(=O)O. The molecular formula is C16H25NO2. The number of carboxylic acid groups (broad SMARTS) is 1. The minimum absolute atomic E-state index is 0.232. The van der Waals surface area contributed by atoms with Crippen molar-refractivity contribution in [1.82, 2.24) is 0 Å². The summed E-state index contributed by atoms with van der Waals surface area (Å²) >= 11 is 0. The van der Waals surface area contributed by atoms with Crippen LogP contribution in [-0.2, 0) is 11.2 Å². The Morgan fingerprint density at radius 1 is 1.42 bits per heavy atom. The topological polar surface area (TPSA) is 63.3 Å². The third-order valence-electron chi connectivity index (χ3n) is 3.75. The summed E-state index contributed by atoms with van der Waals surface area (Å²) in [5.74, 6) is -0.732. The molecule has 0 aliphatic rings. The fraction of sp³-hybridized carbons (Fsp3) is 0.562. The summed E-state index contributed by atoms with van der Waals surface area (Å²) in [6.45, 7) is 4.45. The standard InChI is InChI=1S/C16H25NO2/c1-3-13(10-15(11-17)16(18)19)7-8-14-6-4-5-12(2)9-14/h4-6,9,13,15H,3,7-8,10-11,17H2,1-2H3,(H,18,19). The van der Waals surface area contributed by atoms with Gasteiger partial charge in [0.05, 0.1) is 5.92 Å². The van der Waals surface area contributed by atoms with Gasteiger partial charge in [0.25, 0.3) is 0 Å². The highest BCUT2D eigenvalue weighted by Crippen LogP contribution is 2.21. The van der Waals surface area contributed by atoms with Crippen molar-refractivity contribution in [3.8, 4) is 0 Å². The molecule has 1 aromatic carbocycles. The van der Waals surface area contributed by atoms with Crippen LogP contribution in [0.25, 0.3) is 0 Å². The Morgan fingerprint density at radius 2 is 2.16 bits per heavy atom. The van der Waals surface area contributed by atoms with Crippen molar-refractivity contribution in [3.63, 3.8) is 0 Å². The largest absolute Gasteiger partial charge is 0.481 e. The maximum Gasteiger partial charge on any atom is 0.307 e. The van der Waals surface area contributed by atoms with Crippen molar-refractivity contribution in [2.45, 2.75) is 39.5 Å². The summed E-state index contributed by atoms with van der Waals surface area (Å²) in [6, 6.07) is 8.50. The Hall–Kier alpha value is -1.35. The van der Waals surface area contributed by atoms with Crippen LogP contribution in [-0.4, -0.2) is 17.6 Å². The van der Waals surface area contributed by atoms with Crippen molar-refractivity contribution < 1.29 is 9.90 Å². The summed E-state index contributed by atoms with van der Waals surface area (Å²) in [7, 11) is 0. The normalized spacial score (nSPS) is 14.1. The van der Waals surface area contributed by atoms with Crippen molar-refractivity contribution in [2.75, 3.05) is 6.54 Å². The van der Waals surface area contributed by atoms with Crippen molar-refractivity contribution in [2.24, 2.45) is 17.6 Å². The van der Waals surface area contributed by atoms with Gasteiger partial charge in [0, 0.05) is 6.54 Å². The lowest BCUT2D eigenvalue weighted by Crippen LogP contribution is -2.25. The van der Waals surface area contributed by atoms with E-state index in [1.165, 1.54) is 11.1 Å². The summed E-state index contributed by atoms with van der Waals surface area (Å²) in [6.07, 6.45) is 3.74. The lowest BCUT2D eigenvalue weighted by Gasteiger charge is -2.18. The molecule has 0 aliphatic carbocycles. The highest BCUT2D eigenvalue weighted by molar-refractivity contribution is 5.70. The predicted molar refractivity (Wildman–Crippen MR) is 78.1 cm³/mol. The van der Waals surface area contributed by atoms with Crippen LogP contribution in [0.1, 0.15) is 37.3 Å². The first-order valence-electron chi connectivity index (χ1n) is 7.05. The molecule has 2 atom stereocenters. The average Bonchev–Trinajstić information content (AvgIpc) is 2.39. The number of benzene rings is 1. The van der Waals surface area contributed by atoms with Crippen LogP contribution in [0.4, 0.5) is 0 Å². The van der Waals surface area contributed by atoms with Gasteiger partial charge >= 0.3 is 5.97 Å². The molecule has 1 rings (SSSR count). The van der Waals surface area contributed by atoms with Gasteiger partial charge in [-0.15, -0.1) is 0 Å². The van der Waals surface area contributed by atoms with Gasteiger partial charge in [-0.05, 0) is 37.7 Å². The molecule has 0 fully saturated rings. The van der Waals surface area contributed by atoms with Crippen molar-refractivity contribution >= 4 is 5.97 Å². The van der Waals surface area contributed by atoms with Crippen LogP contribution in [0.5, 0.6) is 0 Å². The van der Waals surface area contributed by atoms with E-state index in [2.05, 4.69) is 38.1 Å². The fourth-order valence-electron chi connectivity index (χ4n) is 2.43. The lowest BCUT2D eigenvalue weighted by atomic mass is 9.88. The molecule has 3 nitrogen and oxygen atoms in total. The van der Waals surface area contributed by atoms with E-state index in [-0.39, 0.29) is 6.54 Å². The zero-order valence-corrected chi connectivity index (χ0v) is 11.9. The van der Waals surface area contributed by atoms with E-state index < -0.39 is 11.9 Å². The number of carbonyl (C=O) groups is 1. The van der Waals surface area contributed by atoms with E-state index in [1.54, 1.807) is 0 Å². The third kappa shape index (κ3) is 5.43. The number of carboxylic acids is 1. The zero-order chi connectivity index (χ0) is 14.3. The number of aryl methyl sites for hydroxylation is 2. The van der Waals surface area contributed by atoms with E-state index in [1.807, 2.05) is 0 Å². The van der Waals surface area contributed by atoms with Crippen molar-refractivity contribution in [3.05, 3.63) is 35.4 Å². The van der Waals surface area contributed by atoms with Crippen LogP contribution in [0.3, 0.4) is 0 Å². The van der Waals surface area contributed by atoms with E-state index in [0.29, 0.717) is 12.3 Å². The number of hydrogen-bond donors (Lipinski definition) is 2. The Bertz CT molecular complexity index is 403. The first kappa shape index (κ1) is 15.7. The Kier molecular flexibility index (Phi) is 6.57.